The molecular formula is C14H13BrN8O3. The van der Waals surface area contributed by atoms with E-state index in [0.29, 0.717) is 5.56 Å². The van der Waals surface area contributed by atoms with Gasteiger partial charge in [-0.05, 0) is 22.1 Å². The molecule has 0 saturated carbocycles. The molecule has 2 aromatic heterocycles. The van der Waals surface area contributed by atoms with Gasteiger partial charge in [0.05, 0.1) is 6.54 Å². The Morgan fingerprint density at radius 1 is 1.19 bits per heavy atom. The van der Waals surface area contributed by atoms with Crippen molar-refractivity contribution in [3.8, 4) is 0 Å². The van der Waals surface area contributed by atoms with Crippen molar-refractivity contribution in [1.82, 2.24) is 34.6 Å². The number of tetrazole rings is 1. The zero-order chi connectivity index (χ0) is 18.8. The number of nitrogens with zero attached hydrogens (tertiary/aromatic N) is 7. The number of hydrogen-bond donors (Lipinski definition) is 1. The second kappa shape index (κ2) is 7.00. The molecule has 0 aliphatic heterocycles. The molecule has 11 nitrogen and oxygen atoms in total. The summed E-state index contributed by atoms with van der Waals surface area (Å²) in [6, 6.07) is 7.16. The number of carbonyl (C=O) groups is 1. The summed E-state index contributed by atoms with van der Waals surface area (Å²) in [7, 11) is 2.88. The summed E-state index contributed by atoms with van der Waals surface area (Å²) in [5.74, 6) is -0.771. The Hall–Kier alpha value is -3.15. The summed E-state index contributed by atoms with van der Waals surface area (Å²) >= 11 is 3.37. The summed E-state index contributed by atoms with van der Waals surface area (Å²) in [5.41, 5.74) is -1.18. The molecule has 26 heavy (non-hydrogen) atoms. The van der Waals surface area contributed by atoms with Gasteiger partial charge in [0.2, 0.25) is 11.6 Å². The lowest BCUT2D eigenvalue weighted by atomic mass is 10.2. The van der Waals surface area contributed by atoms with Crippen LogP contribution in [-0.2, 0) is 20.6 Å². The normalized spacial score (nSPS) is 10.7. The van der Waals surface area contributed by atoms with Crippen LogP contribution >= 0.6 is 15.9 Å². The van der Waals surface area contributed by atoms with E-state index in [2.05, 4.69) is 41.9 Å². The first-order valence-electron chi connectivity index (χ1n) is 7.33. The number of nitrogens with one attached hydrogen (secondary N) is 1. The highest BCUT2D eigenvalue weighted by Crippen LogP contribution is 2.15. The largest absolute Gasteiger partial charge is 0.347 e. The van der Waals surface area contributed by atoms with Gasteiger partial charge in [0.15, 0.2) is 0 Å². The van der Waals surface area contributed by atoms with E-state index in [1.165, 1.54) is 18.8 Å². The molecule has 0 saturated heterocycles. The molecule has 1 aromatic carbocycles. The second-order valence-corrected chi connectivity index (χ2v) is 6.17. The zero-order valence-electron chi connectivity index (χ0n) is 13.7. The number of carbonyl (C=O) groups excluding carboxylic acids is 1. The Balaban J connectivity index is 2.03. The predicted molar refractivity (Wildman–Crippen MR) is 93.7 cm³/mol. The van der Waals surface area contributed by atoms with Gasteiger partial charge in [0.1, 0.15) is 0 Å². The highest BCUT2D eigenvalue weighted by molar-refractivity contribution is 9.10. The van der Waals surface area contributed by atoms with Gasteiger partial charge in [-0.15, -0.1) is 0 Å². The molecule has 12 heteroatoms. The van der Waals surface area contributed by atoms with Gasteiger partial charge in [0, 0.05) is 18.6 Å². The molecule has 3 aromatic rings. The topological polar surface area (TPSA) is 130 Å². The molecule has 0 radical (unpaired) electrons. The van der Waals surface area contributed by atoms with Crippen molar-refractivity contribution < 1.29 is 4.79 Å². The standard InChI is InChI=1S/C14H13BrN8O3/c1-21-13(17-19-20-21)16-11(24)10-12(25)23(14(26)22(2)18-10)7-8-5-3-4-6-9(8)15/h3-6H,7H2,1-2H3,(H,16,17,20,24). The third kappa shape index (κ3) is 3.31. The Morgan fingerprint density at radius 2 is 1.92 bits per heavy atom. The van der Waals surface area contributed by atoms with Gasteiger partial charge in [-0.1, -0.05) is 39.2 Å². The summed E-state index contributed by atoms with van der Waals surface area (Å²) in [6.45, 7) is -0.0127. The fraction of sp³-hybridized carbons (Fsp3) is 0.214. The van der Waals surface area contributed by atoms with Crippen LogP contribution in [0.2, 0.25) is 0 Å². The third-order valence-electron chi connectivity index (χ3n) is 3.55. The predicted octanol–water partition coefficient (Wildman–Crippen LogP) is -0.471. The van der Waals surface area contributed by atoms with Crippen molar-refractivity contribution in [3.63, 3.8) is 0 Å². The van der Waals surface area contributed by atoms with Gasteiger partial charge in [-0.2, -0.15) is 5.10 Å². The van der Waals surface area contributed by atoms with Crippen LogP contribution in [0.25, 0.3) is 0 Å². The first-order valence-corrected chi connectivity index (χ1v) is 8.13. The Kier molecular flexibility index (Phi) is 4.75. The van der Waals surface area contributed by atoms with Gasteiger partial charge in [-0.3, -0.25) is 19.5 Å². The monoisotopic (exact) mass is 420 g/mol. The maximum absolute atomic E-state index is 12.7. The molecular weight excluding hydrogens is 408 g/mol. The molecule has 0 unspecified atom stereocenters. The molecule has 134 valence electrons. The Labute approximate surface area is 154 Å². The Morgan fingerprint density at radius 3 is 2.58 bits per heavy atom. The minimum absolute atomic E-state index is 0.0127. The molecule has 0 aliphatic rings. The lowest BCUT2D eigenvalue weighted by molar-refractivity contribution is 0.101. The quantitative estimate of drug-likeness (QED) is 0.603. The van der Waals surface area contributed by atoms with Crippen molar-refractivity contribution >= 4 is 27.8 Å². The number of anilines is 1. The zero-order valence-corrected chi connectivity index (χ0v) is 15.3. The summed E-state index contributed by atoms with van der Waals surface area (Å²) in [4.78, 5) is 37.4. The van der Waals surface area contributed by atoms with Gasteiger partial charge in [0.25, 0.3) is 11.5 Å². The number of hydrogen-bond acceptors (Lipinski definition) is 7. The van der Waals surface area contributed by atoms with E-state index >= 15 is 0 Å². The lowest BCUT2D eigenvalue weighted by Gasteiger charge is -2.10. The molecule has 0 spiro atoms. The summed E-state index contributed by atoms with van der Waals surface area (Å²) in [5, 5.41) is 16.7. The van der Waals surface area contributed by atoms with Crippen molar-refractivity contribution in [2.24, 2.45) is 14.1 Å². The average molecular weight is 421 g/mol. The number of aromatic nitrogens is 7. The van der Waals surface area contributed by atoms with Crippen molar-refractivity contribution in [2.75, 3.05) is 5.32 Å². The Bertz CT molecular complexity index is 1100. The summed E-state index contributed by atoms with van der Waals surface area (Å²) in [6.07, 6.45) is 0. The lowest BCUT2D eigenvalue weighted by Crippen LogP contribution is -2.44. The second-order valence-electron chi connectivity index (χ2n) is 5.32. The van der Waals surface area contributed by atoms with Crippen LogP contribution in [0.15, 0.2) is 38.3 Å². The van der Waals surface area contributed by atoms with Crippen LogP contribution in [0.3, 0.4) is 0 Å². The van der Waals surface area contributed by atoms with Crippen LogP contribution in [0.4, 0.5) is 5.95 Å². The highest BCUT2D eigenvalue weighted by Gasteiger charge is 2.20. The third-order valence-corrected chi connectivity index (χ3v) is 4.33. The first kappa shape index (κ1) is 17.7. The van der Waals surface area contributed by atoms with E-state index in [9.17, 15) is 14.4 Å². The van der Waals surface area contributed by atoms with Crippen LogP contribution < -0.4 is 16.6 Å². The molecule has 2 heterocycles. The van der Waals surface area contributed by atoms with Gasteiger partial charge in [-0.25, -0.2) is 14.2 Å². The average Bonchev–Trinajstić information content (AvgIpc) is 3.01. The van der Waals surface area contributed by atoms with E-state index in [4.69, 9.17) is 0 Å². The number of halogens is 1. The number of aryl methyl sites for hydroxylation is 2. The minimum atomic E-state index is -0.815. The summed E-state index contributed by atoms with van der Waals surface area (Å²) < 4.78 is 3.83. The number of benzene rings is 1. The molecule has 0 atom stereocenters. The van der Waals surface area contributed by atoms with E-state index < -0.39 is 22.9 Å². The van der Waals surface area contributed by atoms with Gasteiger partial charge >= 0.3 is 5.69 Å². The van der Waals surface area contributed by atoms with Gasteiger partial charge < -0.3 is 0 Å². The van der Waals surface area contributed by atoms with Crippen molar-refractivity contribution in [1.29, 1.82) is 0 Å². The SMILES string of the molecule is Cn1nnnc1NC(=O)c1nn(C)c(=O)n(Cc2ccccc2Br)c1=O. The fourth-order valence-corrected chi connectivity index (χ4v) is 2.61. The maximum Gasteiger partial charge on any atom is 0.347 e. The molecule has 1 amide bonds. The molecule has 0 bridgehead atoms. The van der Waals surface area contributed by atoms with Crippen molar-refractivity contribution in [3.05, 3.63) is 60.8 Å². The maximum atomic E-state index is 12.7. The van der Waals surface area contributed by atoms with E-state index in [1.807, 2.05) is 6.07 Å². The fourth-order valence-electron chi connectivity index (χ4n) is 2.20. The first-order chi connectivity index (χ1) is 12.4. The molecule has 0 fully saturated rings. The van der Waals surface area contributed by atoms with Crippen molar-refractivity contribution in [2.45, 2.75) is 6.54 Å². The number of amides is 1. The van der Waals surface area contributed by atoms with Crippen LogP contribution in [0.5, 0.6) is 0 Å². The number of rotatable bonds is 4. The highest BCUT2D eigenvalue weighted by atomic mass is 79.9. The molecule has 0 aliphatic carbocycles. The van der Waals surface area contributed by atoms with Crippen LogP contribution in [0, 0.1) is 0 Å². The molecule has 1 N–H and O–H groups in total. The van der Waals surface area contributed by atoms with Crippen LogP contribution in [0.1, 0.15) is 16.1 Å². The van der Waals surface area contributed by atoms with E-state index in [1.54, 1.807) is 18.2 Å². The minimum Gasteiger partial charge on any atom is -0.288 e. The van der Waals surface area contributed by atoms with E-state index in [-0.39, 0.29) is 12.5 Å². The van der Waals surface area contributed by atoms with E-state index in [0.717, 1.165) is 13.7 Å². The van der Waals surface area contributed by atoms with Crippen LogP contribution in [-0.4, -0.2) is 40.5 Å². The molecule has 3 rings (SSSR count). The smallest absolute Gasteiger partial charge is 0.288 e.